The molecular formula is C22H30BNO3. The van der Waals surface area contributed by atoms with Crippen molar-refractivity contribution >= 4 is 24.0 Å². The molecular weight excluding hydrogens is 337 g/mol. The fraction of sp³-hybridized carbons (Fsp3) is 0.455. The van der Waals surface area contributed by atoms with Gasteiger partial charge in [-0.3, -0.25) is 0 Å². The number of rotatable bonds is 7. The monoisotopic (exact) mass is 367 g/mol. The molecule has 1 saturated heterocycles. The Morgan fingerprint density at radius 2 is 1.59 bits per heavy atom. The van der Waals surface area contributed by atoms with Crippen molar-refractivity contribution in [2.45, 2.75) is 58.7 Å². The van der Waals surface area contributed by atoms with Crippen molar-refractivity contribution in [3.63, 3.8) is 0 Å². The topological polar surface area (TPSA) is 39.7 Å². The van der Waals surface area contributed by atoms with Crippen LogP contribution in [0.25, 0.3) is 0 Å². The van der Waals surface area contributed by atoms with Crippen molar-refractivity contribution in [2.24, 2.45) is 0 Å². The quantitative estimate of drug-likeness (QED) is 0.558. The summed E-state index contributed by atoms with van der Waals surface area (Å²) in [5.74, 6) is 0.891. The molecule has 0 aromatic heterocycles. The van der Waals surface area contributed by atoms with E-state index in [2.05, 4.69) is 39.9 Å². The van der Waals surface area contributed by atoms with Crippen molar-refractivity contribution in [3.8, 4) is 5.75 Å². The fourth-order valence-corrected chi connectivity index (χ4v) is 2.87. The van der Waals surface area contributed by atoms with Crippen molar-refractivity contribution in [1.82, 2.24) is 0 Å². The summed E-state index contributed by atoms with van der Waals surface area (Å²) >= 11 is 0. The molecule has 0 bridgehead atoms. The van der Waals surface area contributed by atoms with Crippen molar-refractivity contribution < 1.29 is 14.0 Å². The van der Waals surface area contributed by atoms with E-state index in [4.69, 9.17) is 14.0 Å². The van der Waals surface area contributed by atoms with Crippen LogP contribution in [0.3, 0.4) is 0 Å². The van der Waals surface area contributed by atoms with Crippen LogP contribution >= 0.6 is 0 Å². The highest BCUT2D eigenvalue weighted by Gasteiger charge is 2.51. The van der Waals surface area contributed by atoms with Crippen LogP contribution in [0, 0.1) is 0 Å². The third-order valence-corrected chi connectivity index (χ3v) is 5.33. The van der Waals surface area contributed by atoms with Gasteiger partial charge in [-0.25, -0.2) is 0 Å². The second kappa shape index (κ2) is 7.95. The van der Waals surface area contributed by atoms with Crippen LogP contribution in [-0.4, -0.2) is 24.9 Å². The number of hydrogen-bond acceptors (Lipinski definition) is 4. The molecule has 1 aliphatic rings. The number of hydrogen-bond donors (Lipinski definition) is 1. The molecule has 1 heterocycles. The van der Waals surface area contributed by atoms with E-state index in [0.29, 0.717) is 0 Å². The second-order valence-electron chi connectivity index (χ2n) is 8.07. The van der Waals surface area contributed by atoms with E-state index in [9.17, 15) is 0 Å². The molecule has 0 unspecified atom stereocenters. The van der Waals surface area contributed by atoms with Gasteiger partial charge in [0.15, 0.2) is 0 Å². The minimum atomic E-state index is -0.334. The van der Waals surface area contributed by atoms with Gasteiger partial charge in [0.2, 0.25) is 0 Å². The Hall–Kier alpha value is -1.98. The molecule has 144 valence electrons. The lowest BCUT2D eigenvalue weighted by Gasteiger charge is -2.32. The van der Waals surface area contributed by atoms with Crippen molar-refractivity contribution in [2.75, 3.05) is 11.9 Å². The third kappa shape index (κ3) is 4.66. The summed E-state index contributed by atoms with van der Waals surface area (Å²) in [5.41, 5.74) is 2.39. The first-order valence-corrected chi connectivity index (χ1v) is 9.76. The third-order valence-electron chi connectivity index (χ3n) is 5.33. The summed E-state index contributed by atoms with van der Waals surface area (Å²) in [5, 5.41) is 3.42. The van der Waals surface area contributed by atoms with Crippen molar-refractivity contribution in [1.29, 1.82) is 0 Å². The zero-order valence-electron chi connectivity index (χ0n) is 17.0. The van der Waals surface area contributed by atoms with Gasteiger partial charge >= 0.3 is 7.12 Å². The standard InChI is InChI=1S/C22H30BNO3/c1-6-7-15-25-20-10-8-9-19(16-20)24-18-13-11-17(12-14-18)23-26-21(2,3)22(4,5)27-23/h8-14,16,24H,6-7,15H2,1-5H3. The first-order chi connectivity index (χ1) is 12.8. The highest BCUT2D eigenvalue weighted by atomic mass is 16.7. The molecule has 0 saturated carbocycles. The van der Waals surface area contributed by atoms with Gasteiger partial charge in [0.05, 0.1) is 17.8 Å². The average Bonchev–Trinajstić information content (AvgIpc) is 2.84. The number of benzene rings is 2. The van der Waals surface area contributed by atoms with Crippen LogP contribution < -0.4 is 15.5 Å². The fourth-order valence-electron chi connectivity index (χ4n) is 2.87. The molecule has 5 heteroatoms. The summed E-state index contributed by atoms with van der Waals surface area (Å²) in [6.45, 7) is 11.2. The van der Waals surface area contributed by atoms with Crippen LogP contribution in [0.4, 0.5) is 11.4 Å². The molecule has 4 nitrogen and oxygen atoms in total. The Bertz CT molecular complexity index is 742. The molecule has 27 heavy (non-hydrogen) atoms. The highest BCUT2D eigenvalue weighted by Crippen LogP contribution is 2.36. The molecule has 0 radical (unpaired) electrons. The number of unbranched alkanes of at least 4 members (excludes halogenated alkanes) is 1. The van der Waals surface area contributed by atoms with Crippen LogP contribution in [0.2, 0.25) is 0 Å². The average molecular weight is 367 g/mol. The summed E-state index contributed by atoms with van der Waals surface area (Å²) in [4.78, 5) is 0. The highest BCUT2D eigenvalue weighted by molar-refractivity contribution is 6.62. The number of nitrogens with one attached hydrogen (secondary N) is 1. The predicted octanol–water partition coefficient (Wildman–Crippen LogP) is 4.91. The maximum Gasteiger partial charge on any atom is 0.494 e. The molecule has 2 aromatic carbocycles. The van der Waals surface area contributed by atoms with Crippen LogP contribution in [0.5, 0.6) is 5.75 Å². The number of ether oxygens (including phenoxy) is 1. The van der Waals surface area contributed by atoms with Gasteiger partial charge in [-0.05, 0) is 63.8 Å². The molecule has 2 aromatic rings. The maximum atomic E-state index is 6.11. The Balaban J connectivity index is 1.64. The zero-order chi connectivity index (χ0) is 19.5. The van der Waals surface area contributed by atoms with E-state index >= 15 is 0 Å². The van der Waals surface area contributed by atoms with E-state index in [1.165, 1.54) is 0 Å². The molecule has 1 N–H and O–H groups in total. The Kier molecular flexibility index (Phi) is 5.82. The van der Waals surface area contributed by atoms with E-state index in [1.807, 2.05) is 48.5 Å². The first-order valence-electron chi connectivity index (χ1n) is 9.76. The molecule has 0 spiro atoms. The van der Waals surface area contributed by atoms with Gasteiger partial charge < -0.3 is 19.4 Å². The zero-order valence-corrected chi connectivity index (χ0v) is 17.0. The predicted molar refractivity (Wildman–Crippen MR) is 112 cm³/mol. The van der Waals surface area contributed by atoms with E-state index in [-0.39, 0.29) is 18.3 Å². The van der Waals surface area contributed by atoms with Crippen LogP contribution in [0.15, 0.2) is 48.5 Å². The Morgan fingerprint density at radius 3 is 2.22 bits per heavy atom. The van der Waals surface area contributed by atoms with Gasteiger partial charge in [0.25, 0.3) is 0 Å². The molecule has 1 fully saturated rings. The molecule has 3 rings (SSSR count). The van der Waals surface area contributed by atoms with E-state index in [0.717, 1.165) is 42.0 Å². The summed E-state index contributed by atoms with van der Waals surface area (Å²) in [6.07, 6.45) is 2.20. The van der Waals surface area contributed by atoms with Gasteiger partial charge in [0.1, 0.15) is 5.75 Å². The van der Waals surface area contributed by atoms with Gasteiger partial charge in [-0.15, -0.1) is 0 Å². The molecule has 1 aliphatic heterocycles. The smallest absolute Gasteiger partial charge is 0.494 e. The lowest BCUT2D eigenvalue weighted by molar-refractivity contribution is 0.00578. The minimum Gasteiger partial charge on any atom is -0.494 e. The van der Waals surface area contributed by atoms with Crippen LogP contribution in [0.1, 0.15) is 47.5 Å². The largest absolute Gasteiger partial charge is 0.494 e. The van der Waals surface area contributed by atoms with Crippen LogP contribution in [-0.2, 0) is 9.31 Å². The van der Waals surface area contributed by atoms with Gasteiger partial charge in [0, 0.05) is 17.4 Å². The Labute approximate surface area is 163 Å². The van der Waals surface area contributed by atoms with E-state index in [1.54, 1.807) is 0 Å². The maximum absolute atomic E-state index is 6.11. The van der Waals surface area contributed by atoms with Gasteiger partial charge in [-0.2, -0.15) is 0 Å². The first kappa shape index (κ1) is 19.8. The lowest BCUT2D eigenvalue weighted by atomic mass is 9.79. The number of anilines is 2. The SMILES string of the molecule is CCCCOc1cccc(Nc2ccc(B3OC(C)(C)C(C)(C)O3)cc2)c1. The van der Waals surface area contributed by atoms with Crippen molar-refractivity contribution in [3.05, 3.63) is 48.5 Å². The Morgan fingerprint density at radius 1 is 0.926 bits per heavy atom. The lowest BCUT2D eigenvalue weighted by Crippen LogP contribution is -2.41. The molecule has 0 aliphatic carbocycles. The summed E-state index contributed by atoms with van der Waals surface area (Å²) in [6, 6.07) is 16.2. The molecule has 0 atom stereocenters. The summed E-state index contributed by atoms with van der Waals surface area (Å²) in [7, 11) is -0.334. The summed E-state index contributed by atoms with van der Waals surface area (Å²) < 4.78 is 18.0. The molecule has 0 amide bonds. The van der Waals surface area contributed by atoms with Gasteiger partial charge in [-0.1, -0.05) is 31.5 Å². The van der Waals surface area contributed by atoms with E-state index < -0.39 is 0 Å². The normalized spacial score (nSPS) is 17.7. The minimum absolute atomic E-state index is 0.327. The second-order valence-corrected chi connectivity index (χ2v) is 8.07.